The molecule has 0 aliphatic heterocycles. The number of hydrogen-bond donors (Lipinski definition) is 0. The Balaban J connectivity index is 2.43. The van der Waals surface area contributed by atoms with Gasteiger partial charge >= 0.3 is 0 Å². The number of hydrogen-bond acceptors (Lipinski definition) is 4. The minimum Gasteiger partial charge on any atom is -0.491 e. The zero-order chi connectivity index (χ0) is 12.0. The van der Waals surface area contributed by atoms with Gasteiger partial charge in [0.2, 0.25) is 0 Å². The van der Waals surface area contributed by atoms with Gasteiger partial charge < -0.3 is 4.74 Å². The van der Waals surface area contributed by atoms with Gasteiger partial charge in [-0.1, -0.05) is 25.1 Å². The van der Waals surface area contributed by atoms with Crippen LogP contribution in [0.15, 0.2) is 24.3 Å². The van der Waals surface area contributed by atoms with E-state index in [0.717, 1.165) is 24.0 Å². The highest BCUT2D eigenvalue weighted by atomic mass is 32.2. The molecule has 1 aromatic rings. The minimum absolute atomic E-state index is 0.0386. The largest absolute Gasteiger partial charge is 0.491 e. The van der Waals surface area contributed by atoms with Crippen LogP contribution in [0.5, 0.6) is 5.75 Å². The monoisotopic (exact) mass is 244 g/mol. The van der Waals surface area contributed by atoms with Crippen molar-refractivity contribution in [3.05, 3.63) is 29.8 Å². The Morgan fingerprint density at radius 1 is 1.19 bits per heavy atom. The van der Waals surface area contributed by atoms with Crippen molar-refractivity contribution >= 4 is 10.1 Å². The lowest BCUT2D eigenvalue weighted by molar-refractivity contribution is 0.221. The average Bonchev–Trinajstić information content (AvgIpc) is 2.23. The summed E-state index contributed by atoms with van der Waals surface area (Å²) in [6, 6.07) is 7.66. The van der Waals surface area contributed by atoms with Gasteiger partial charge in [0.15, 0.2) is 0 Å². The minimum atomic E-state index is -3.37. The van der Waals surface area contributed by atoms with Crippen LogP contribution in [0.2, 0.25) is 0 Å². The Bertz CT molecular complexity index is 425. The highest BCUT2D eigenvalue weighted by Gasteiger charge is 2.03. The predicted octanol–water partition coefficient (Wildman–Crippen LogP) is 1.60. The second kappa shape index (κ2) is 5.86. The normalized spacial score (nSPS) is 11.4. The van der Waals surface area contributed by atoms with Gasteiger partial charge in [-0.2, -0.15) is 8.42 Å². The van der Waals surface area contributed by atoms with Crippen LogP contribution in [0.25, 0.3) is 0 Å². The van der Waals surface area contributed by atoms with Gasteiger partial charge in [0.05, 0.1) is 6.26 Å². The summed E-state index contributed by atoms with van der Waals surface area (Å²) in [7, 11) is -3.37. The molecule has 16 heavy (non-hydrogen) atoms. The van der Waals surface area contributed by atoms with Crippen molar-refractivity contribution < 1.29 is 17.3 Å². The van der Waals surface area contributed by atoms with Gasteiger partial charge in [-0.15, -0.1) is 0 Å². The van der Waals surface area contributed by atoms with E-state index in [2.05, 4.69) is 4.18 Å². The molecule has 0 radical (unpaired) electrons. The number of ether oxygens (including phenoxy) is 1. The van der Waals surface area contributed by atoms with Gasteiger partial charge in [0.1, 0.15) is 19.0 Å². The molecule has 0 aromatic heterocycles. The van der Waals surface area contributed by atoms with Crippen molar-refractivity contribution in [3.8, 4) is 5.75 Å². The van der Waals surface area contributed by atoms with Crippen LogP contribution >= 0.6 is 0 Å². The second-order valence-electron chi connectivity index (χ2n) is 3.34. The van der Waals surface area contributed by atoms with Crippen LogP contribution in [0.3, 0.4) is 0 Å². The molecule has 0 heterocycles. The van der Waals surface area contributed by atoms with E-state index in [-0.39, 0.29) is 13.2 Å². The molecule has 0 spiro atoms. The Labute approximate surface area is 96.3 Å². The second-order valence-corrected chi connectivity index (χ2v) is 4.98. The fourth-order valence-corrected chi connectivity index (χ4v) is 1.64. The highest BCUT2D eigenvalue weighted by molar-refractivity contribution is 7.85. The summed E-state index contributed by atoms with van der Waals surface area (Å²) in [5, 5.41) is 0. The number of aryl methyl sites for hydroxylation is 1. The third-order valence-electron chi connectivity index (χ3n) is 1.99. The Hall–Kier alpha value is -1.07. The molecule has 0 amide bonds. The van der Waals surface area contributed by atoms with E-state index in [1.807, 2.05) is 31.2 Å². The first-order valence-corrected chi connectivity index (χ1v) is 6.89. The standard InChI is InChI=1S/C11H16O4S/c1-3-10-6-4-5-7-11(10)14-8-9-15-16(2,12)13/h4-7H,3,8-9H2,1-2H3. The SMILES string of the molecule is CCc1ccccc1OCCOS(C)(=O)=O. The maximum absolute atomic E-state index is 10.7. The zero-order valence-electron chi connectivity index (χ0n) is 9.47. The van der Waals surface area contributed by atoms with E-state index in [0.29, 0.717) is 0 Å². The third-order valence-corrected chi connectivity index (χ3v) is 2.59. The van der Waals surface area contributed by atoms with Crippen LogP contribution < -0.4 is 4.74 Å². The fraction of sp³-hybridized carbons (Fsp3) is 0.455. The lowest BCUT2D eigenvalue weighted by Crippen LogP contribution is -2.11. The van der Waals surface area contributed by atoms with E-state index in [4.69, 9.17) is 4.74 Å². The average molecular weight is 244 g/mol. The number of benzene rings is 1. The van der Waals surface area contributed by atoms with Crippen LogP contribution in [0.1, 0.15) is 12.5 Å². The first-order valence-electron chi connectivity index (χ1n) is 5.08. The molecule has 1 rings (SSSR count). The molecule has 0 fully saturated rings. The van der Waals surface area contributed by atoms with Crippen molar-refractivity contribution in [2.45, 2.75) is 13.3 Å². The van der Waals surface area contributed by atoms with Gasteiger partial charge in [0.25, 0.3) is 10.1 Å². The summed E-state index contributed by atoms with van der Waals surface area (Å²) in [6.45, 7) is 2.30. The highest BCUT2D eigenvalue weighted by Crippen LogP contribution is 2.17. The smallest absolute Gasteiger partial charge is 0.264 e. The van der Waals surface area contributed by atoms with Crippen molar-refractivity contribution in [1.29, 1.82) is 0 Å². The topological polar surface area (TPSA) is 52.6 Å². The summed E-state index contributed by atoms with van der Waals surface area (Å²) in [4.78, 5) is 0. The lowest BCUT2D eigenvalue weighted by Gasteiger charge is -2.09. The Kier molecular flexibility index (Phi) is 4.76. The lowest BCUT2D eigenvalue weighted by atomic mass is 10.1. The molecule has 0 bridgehead atoms. The molecule has 5 heteroatoms. The summed E-state index contributed by atoms with van der Waals surface area (Å²) in [5.41, 5.74) is 1.10. The molecule has 0 aliphatic rings. The number of para-hydroxylation sites is 1. The van der Waals surface area contributed by atoms with Gasteiger partial charge in [-0.25, -0.2) is 0 Å². The Morgan fingerprint density at radius 3 is 2.50 bits per heavy atom. The molecular formula is C11H16O4S. The molecule has 4 nitrogen and oxygen atoms in total. The van der Waals surface area contributed by atoms with Crippen LogP contribution in [-0.4, -0.2) is 27.9 Å². The van der Waals surface area contributed by atoms with Crippen molar-refractivity contribution in [1.82, 2.24) is 0 Å². The van der Waals surface area contributed by atoms with E-state index < -0.39 is 10.1 Å². The third kappa shape index (κ3) is 4.63. The van der Waals surface area contributed by atoms with Gasteiger partial charge in [-0.05, 0) is 18.1 Å². The van der Waals surface area contributed by atoms with Crippen LogP contribution in [-0.2, 0) is 20.7 Å². The quantitative estimate of drug-likeness (QED) is 0.563. The van der Waals surface area contributed by atoms with Crippen molar-refractivity contribution in [2.24, 2.45) is 0 Å². The van der Waals surface area contributed by atoms with Crippen LogP contribution in [0.4, 0.5) is 0 Å². The molecule has 90 valence electrons. The predicted molar refractivity (Wildman–Crippen MR) is 62.1 cm³/mol. The van der Waals surface area contributed by atoms with Crippen molar-refractivity contribution in [2.75, 3.05) is 19.5 Å². The van der Waals surface area contributed by atoms with E-state index in [9.17, 15) is 8.42 Å². The first kappa shape index (κ1) is 13.0. The summed E-state index contributed by atoms with van der Waals surface area (Å²) in [6.07, 6.45) is 1.90. The van der Waals surface area contributed by atoms with E-state index in [1.165, 1.54) is 0 Å². The van der Waals surface area contributed by atoms with Crippen LogP contribution in [0, 0.1) is 0 Å². The summed E-state index contributed by atoms with van der Waals surface area (Å²) >= 11 is 0. The Morgan fingerprint density at radius 2 is 1.88 bits per heavy atom. The summed E-state index contributed by atoms with van der Waals surface area (Å²) < 4.78 is 31.4. The molecule has 0 N–H and O–H groups in total. The molecule has 0 unspecified atom stereocenters. The zero-order valence-corrected chi connectivity index (χ0v) is 10.3. The number of rotatable bonds is 6. The maximum Gasteiger partial charge on any atom is 0.264 e. The van der Waals surface area contributed by atoms with E-state index >= 15 is 0 Å². The maximum atomic E-state index is 10.7. The van der Waals surface area contributed by atoms with Gasteiger partial charge in [-0.3, -0.25) is 4.18 Å². The molecule has 0 atom stereocenters. The van der Waals surface area contributed by atoms with E-state index in [1.54, 1.807) is 0 Å². The molecule has 1 aromatic carbocycles. The molecule has 0 aliphatic carbocycles. The fourth-order valence-electron chi connectivity index (χ4n) is 1.27. The molecule has 0 saturated heterocycles. The molecule has 0 saturated carbocycles. The van der Waals surface area contributed by atoms with Gasteiger partial charge in [0, 0.05) is 0 Å². The van der Waals surface area contributed by atoms with Crippen molar-refractivity contribution in [3.63, 3.8) is 0 Å². The molecular weight excluding hydrogens is 228 g/mol. The summed E-state index contributed by atoms with van der Waals surface area (Å²) in [5.74, 6) is 0.780. The first-order chi connectivity index (χ1) is 7.53.